The fourth-order valence-electron chi connectivity index (χ4n) is 11.3. The van der Waals surface area contributed by atoms with Gasteiger partial charge in [0.1, 0.15) is 23.4 Å². The molecular weight excluding hydrogens is 878 g/mol. The minimum absolute atomic E-state index is 0.00829. The van der Waals surface area contributed by atoms with Gasteiger partial charge in [0, 0.05) is 56.5 Å². The second kappa shape index (κ2) is 26.8. The van der Waals surface area contributed by atoms with Crippen molar-refractivity contribution >= 4 is 17.7 Å². The summed E-state index contributed by atoms with van der Waals surface area (Å²) in [6.07, 6.45) is 23.9. The number of nitrogens with zero attached hydrogens (tertiary/aromatic N) is 2. The van der Waals surface area contributed by atoms with Crippen LogP contribution in [0.3, 0.4) is 0 Å². The number of aliphatic hydroxyl groups is 2. The number of fused-ring (bicyclic) bond motifs is 2. The Morgan fingerprint density at radius 3 is 2.32 bits per heavy atom. The van der Waals surface area contributed by atoms with Gasteiger partial charge in [0.05, 0.1) is 24.8 Å². The number of amides is 2. The van der Waals surface area contributed by atoms with Crippen LogP contribution >= 0.6 is 0 Å². The molecule has 7 atom stereocenters. The maximum absolute atomic E-state index is 14.9. The molecule has 12 nitrogen and oxygen atoms in total. The van der Waals surface area contributed by atoms with Gasteiger partial charge in [0.25, 0.3) is 0 Å². The molecule has 2 amide bonds. The Labute approximate surface area is 410 Å². The topological polar surface area (TPSA) is 148 Å². The first-order valence-corrected chi connectivity index (χ1v) is 26.7. The molecule has 5 aliphatic rings. The van der Waals surface area contributed by atoms with Crippen molar-refractivity contribution in [3.05, 3.63) is 83.7 Å². The quantitative estimate of drug-likeness (QED) is 0.0412. The number of benzene rings is 2. The number of allylic oxidation sites excluding steroid dienone is 1. The first-order chi connectivity index (χ1) is 33.8. The Hall–Kier alpha value is -4.30. The molecule has 69 heavy (non-hydrogen) atoms. The van der Waals surface area contributed by atoms with E-state index >= 15 is 0 Å². The number of carbonyl (C=O) groups is 2. The molecule has 2 heterocycles. The Morgan fingerprint density at radius 2 is 1.64 bits per heavy atom. The van der Waals surface area contributed by atoms with E-state index in [1.54, 1.807) is 24.3 Å². The molecule has 13 heteroatoms. The second-order valence-corrected chi connectivity index (χ2v) is 20.0. The molecule has 7 unspecified atom stereocenters. The van der Waals surface area contributed by atoms with E-state index in [1.807, 2.05) is 17.0 Å². The highest BCUT2D eigenvalue weighted by molar-refractivity contribution is 6.03. The number of hydrogen-bond acceptors (Lipinski definition) is 10. The molecule has 2 saturated carbocycles. The van der Waals surface area contributed by atoms with Crippen LogP contribution in [-0.2, 0) is 25.7 Å². The highest BCUT2D eigenvalue weighted by Gasteiger charge is 2.66. The van der Waals surface area contributed by atoms with Gasteiger partial charge in [-0.25, -0.2) is 9.18 Å². The second-order valence-electron chi connectivity index (χ2n) is 20.0. The van der Waals surface area contributed by atoms with E-state index < -0.39 is 30.1 Å². The van der Waals surface area contributed by atoms with Crippen LogP contribution in [0.4, 0.5) is 9.18 Å². The molecule has 3 aliphatic carbocycles. The van der Waals surface area contributed by atoms with Crippen LogP contribution in [0.5, 0.6) is 11.5 Å². The Balaban J connectivity index is 1.27. The molecule has 2 aliphatic heterocycles. The summed E-state index contributed by atoms with van der Waals surface area (Å²) in [6, 6.07) is 11.1. The van der Waals surface area contributed by atoms with Crippen LogP contribution in [0.15, 0.2) is 71.9 Å². The van der Waals surface area contributed by atoms with Gasteiger partial charge in [-0.2, -0.15) is 0 Å². The third-order valence-corrected chi connectivity index (χ3v) is 14.9. The highest BCUT2D eigenvalue weighted by Crippen LogP contribution is 2.62. The van der Waals surface area contributed by atoms with Crippen molar-refractivity contribution in [3.63, 3.8) is 0 Å². The maximum Gasteiger partial charge on any atom is 0.412 e. The van der Waals surface area contributed by atoms with Crippen LogP contribution < -0.4 is 14.8 Å². The number of nitrogens with one attached hydrogen (secondary N) is 1. The third-order valence-electron chi connectivity index (χ3n) is 14.9. The summed E-state index contributed by atoms with van der Waals surface area (Å²) in [5.41, 5.74) is 3.22. The number of carbonyl (C=O) groups excluding carboxylic acids is 2. The number of unbranched alkanes of at least 4 members (excludes halogenated alkanes) is 11. The lowest BCUT2D eigenvalue weighted by molar-refractivity contribution is -0.258. The van der Waals surface area contributed by atoms with Gasteiger partial charge >= 0.3 is 6.09 Å². The summed E-state index contributed by atoms with van der Waals surface area (Å²) >= 11 is 0. The standard InChI is InChI=1S/C56H80FN3O9/c1-3-5-6-7-8-9-10-11-12-16-31-58-55(64)67-44-29-30-49-47(37-44)52-45(21-14-18-33-62)42(20-13-17-32-61)36-46-48(59-69-51-22-15-19-35-65-51)38-50(56(68-49,53(46)52)66-34-4-2)60(54(63)41-25-26-41)39-40-23-27-43(57)28-24-40/h4,23-24,27-30,36-37,41-42,45,50-53,61-62H,2-3,5-22,25-26,31-35,38-39H2,1H3,(H,58,64). The molecule has 1 saturated heterocycles. The van der Waals surface area contributed by atoms with Crippen molar-refractivity contribution in [3.8, 4) is 11.5 Å². The molecule has 0 spiro atoms. The Kier molecular flexibility index (Phi) is 20.4. The van der Waals surface area contributed by atoms with E-state index in [2.05, 4.69) is 24.9 Å². The normalized spacial score (nSPS) is 25.4. The van der Waals surface area contributed by atoms with Crippen LogP contribution in [-0.4, -0.2) is 83.9 Å². The van der Waals surface area contributed by atoms with Gasteiger partial charge in [-0.15, -0.1) is 6.58 Å². The Bertz CT molecular complexity index is 2000. The monoisotopic (exact) mass is 958 g/mol. The molecule has 2 aromatic carbocycles. The lowest BCUT2D eigenvalue weighted by Crippen LogP contribution is -2.70. The fraction of sp³-hybridized carbons (Fsp3) is 0.661. The van der Waals surface area contributed by atoms with Crippen molar-refractivity contribution < 1.29 is 48.0 Å². The summed E-state index contributed by atoms with van der Waals surface area (Å²) in [6.45, 7) is 7.88. The number of aliphatic hydroxyl groups excluding tert-OH is 2. The molecule has 2 aromatic rings. The van der Waals surface area contributed by atoms with Crippen molar-refractivity contribution in [1.82, 2.24) is 10.2 Å². The first-order valence-electron chi connectivity index (χ1n) is 26.7. The number of hydrogen-bond donors (Lipinski definition) is 3. The number of oxime groups is 1. The van der Waals surface area contributed by atoms with Gasteiger partial charge < -0.3 is 44.2 Å². The van der Waals surface area contributed by atoms with Crippen molar-refractivity contribution in [2.24, 2.45) is 28.8 Å². The predicted octanol–water partition coefficient (Wildman–Crippen LogP) is 11.4. The van der Waals surface area contributed by atoms with E-state index in [1.165, 1.54) is 57.1 Å². The van der Waals surface area contributed by atoms with E-state index in [0.717, 1.165) is 87.3 Å². The molecule has 3 N–H and O–H groups in total. The number of rotatable bonds is 29. The number of halogens is 1. The zero-order valence-corrected chi connectivity index (χ0v) is 41.3. The lowest BCUT2D eigenvalue weighted by atomic mass is 9.55. The third kappa shape index (κ3) is 14.0. The minimum atomic E-state index is -1.46. The Morgan fingerprint density at radius 1 is 0.913 bits per heavy atom. The fourth-order valence-corrected chi connectivity index (χ4v) is 11.3. The van der Waals surface area contributed by atoms with E-state index in [4.69, 9.17) is 28.9 Å². The van der Waals surface area contributed by atoms with Gasteiger partial charge in [-0.1, -0.05) is 107 Å². The van der Waals surface area contributed by atoms with Crippen molar-refractivity contribution in [2.75, 3.05) is 33.0 Å². The van der Waals surface area contributed by atoms with Crippen LogP contribution in [0.25, 0.3) is 0 Å². The minimum Gasteiger partial charge on any atom is -0.459 e. The van der Waals surface area contributed by atoms with E-state index in [0.29, 0.717) is 49.6 Å². The summed E-state index contributed by atoms with van der Waals surface area (Å²) in [5.74, 6) is -1.85. The van der Waals surface area contributed by atoms with E-state index in [-0.39, 0.29) is 68.2 Å². The average Bonchev–Trinajstić information content (AvgIpc) is 4.22. The molecule has 7 rings (SSSR count). The summed E-state index contributed by atoms with van der Waals surface area (Å²) in [7, 11) is 0. The summed E-state index contributed by atoms with van der Waals surface area (Å²) in [5, 5.41) is 28.0. The van der Waals surface area contributed by atoms with Gasteiger partial charge in [-0.3, -0.25) is 4.79 Å². The molecule has 0 radical (unpaired) electrons. The van der Waals surface area contributed by atoms with Gasteiger partial charge in [0.2, 0.25) is 18.0 Å². The van der Waals surface area contributed by atoms with Crippen LogP contribution in [0.2, 0.25) is 0 Å². The van der Waals surface area contributed by atoms with Crippen molar-refractivity contribution in [2.45, 2.75) is 179 Å². The van der Waals surface area contributed by atoms with Gasteiger partial charge in [-0.05, 0) is 111 Å². The summed E-state index contributed by atoms with van der Waals surface area (Å²) in [4.78, 5) is 36.4. The molecular formula is C56H80FN3O9. The molecule has 380 valence electrons. The first kappa shape index (κ1) is 52.5. The maximum atomic E-state index is 14.9. The van der Waals surface area contributed by atoms with Crippen LogP contribution in [0, 0.1) is 29.5 Å². The number of ether oxygens (including phenoxy) is 4. The smallest absolute Gasteiger partial charge is 0.412 e. The SMILES string of the molecule is C=CCOC12Oc3ccc(OC(=O)NCCCCCCCCCCCC)cc3C3C(CCCCO)C(CCCCO)C=C(C(=NOC4CCCCO4)CC1N(Cc1ccc(F)cc1)C(=O)C1CC1)C32. The largest absolute Gasteiger partial charge is 0.459 e. The summed E-state index contributed by atoms with van der Waals surface area (Å²) < 4.78 is 41.0. The van der Waals surface area contributed by atoms with Crippen molar-refractivity contribution in [1.29, 1.82) is 0 Å². The molecule has 3 fully saturated rings. The highest BCUT2D eigenvalue weighted by atomic mass is 19.1. The average molecular weight is 958 g/mol. The zero-order chi connectivity index (χ0) is 48.4. The van der Waals surface area contributed by atoms with Crippen LogP contribution in [0.1, 0.15) is 165 Å². The van der Waals surface area contributed by atoms with Gasteiger partial charge in [0.15, 0.2) is 0 Å². The lowest BCUT2D eigenvalue weighted by Gasteiger charge is -2.60. The molecule has 0 bridgehead atoms. The van der Waals surface area contributed by atoms with E-state index in [9.17, 15) is 24.2 Å². The molecule has 0 aromatic heterocycles. The zero-order valence-electron chi connectivity index (χ0n) is 41.3. The predicted molar refractivity (Wildman–Crippen MR) is 265 cm³/mol.